The Morgan fingerprint density at radius 2 is 1.76 bits per heavy atom. The molecule has 0 spiro atoms. The van der Waals surface area contributed by atoms with E-state index in [0.29, 0.717) is 4.88 Å². The molecular formula is C20H17N3OS. The Morgan fingerprint density at radius 3 is 2.52 bits per heavy atom. The number of aryl methyl sites for hydroxylation is 2. The molecule has 0 saturated heterocycles. The molecule has 2 aromatic heterocycles. The summed E-state index contributed by atoms with van der Waals surface area (Å²) in [5.41, 5.74) is 3.91. The fraction of sp³-hybridized carbons (Fsp3) is 0.100. The second kappa shape index (κ2) is 6.18. The smallest absolute Gasteiger partial charge is 0.265 e. The molecular weight excluding hydrogens is 330 g/mol. The van der Waals surface area contributed by atoms with Gasteiger partial charge in [0.15, 0.2) is 0 Å². The quantitative estimate of drug-likeness (QED) is 0.569. The van der Waals surface area contributed by atoms with Gasteiger partial charge in [-0.05, 0) is 43.7 Å². The number of anilines is 1. The molecule has 0 saturated carbocycles. The Morgan fingerprint density at radius 1 is 1.04 bits per heavy atom. The van der Waals surface area contributed by atoms with Crippen molar-refractivity contribution < 1.29 is 4.79 Å². The van der Waals surface area contributed by atoms with Crippen molar-refractivity contribution in [3.63, 3.8) is 0 Å². The lowest BCUT2D eigenvalue weighted by molar-refractivity contribution is 0.103. The molecule has 25 heavy (non-hydrogen) atoms. The topological polar surface area (TPSA) is 46.9 Å². The maximum atomic E-state index is 12.6. The molecule has 0 radical (unpaired) electrons. The highest BCUT2D eigenvalue weighted by Gasteiger charge is 2.17. The van der Waals surface area contributed by atoms with Crippen LogP contribution in [-0.2, 0) is 0 Å². The van der Waals surface area contributed by atoms with E-state index in [2.05, 4.69) is 23.4 Å². The molecule has 5 heteroatoms. The molecule has 4 nitrogen and oxygen atoms in total. The standard InChI is InChI=1S/C20H17N3OS/c1-13-8-6-7-11-17(13)23-20-16(14(2)22-23)12-18(25-20)19(24)21-15-9-4-3-5-10-15/h3-12H,1-2H3,(H,21,24). The number of fused-ring (bicyclic) bond motifs is 1. The third kappa shape index (κ3) is 2.83. The first-order valence-electron chi connectivity index (χ1n) is 8.05. The number of nitrogens with one attached hydrogen (secondary N) is 1. The average Bonchev–Trinajstić information content (AvgIpc) is 3.17. The lowest BCUT2D eigenvalue weighted by Gasteiger charge is -2.06. The Balaban J connectivity index is 1.75. The van der Waals surface area contributed by atoms with Gasteiger partial charge < -0.3 is 5.32 Å². The van der Waals surface area contributed by atoms with Gasteiger partial charge in [0, 0.05) is 11.1 Å². The van der Waals surface area contributed by atoms with Crippen molar-refractivity contribution in [2.24, 2.45) is 0 Å². The summed E-state index contributed by atoms with van der Waals surface area (Å²) in [4.78, 5) is 14.3. The molecule has 4 rings (SSSR count). The van der Waals surface area contributed by atoms with Crippen LogP contribution < -0.4 is 5.32 Å². The van der Waals surface area contributed by atoms with E-state index >= 15 is 0 Å². The lowest BCUT2D eigenvalue weighted by atomic mass is 10.2. The second-order valence-corrected chi connectivity index (χ2v) is 6.96. The van der Waals surface area contributed by atoms with Gasteiger partial charge in [0.1, 0.15) is 4.83 Å². The minimum atomic E-state index is -0.0943. The average molecular weight is 347 g/mol. The van der Waals surface area contributed by atoms with Crippen molar-refractivity contribution in [1.82, 2.24) is 9.78 Å². The van der Waals surface area contributed by atoms with Gasteiger partial charge in [-0.3, -0.25) is 4.79 Å². The molecule has 0 aliphatic carbocycles. The zero-order valence-electron chi connectivity index (χ0n) is 14.0. The highest BCUT2D eigenvalue weighted by molar-refractivity contribution is 7.20. The molecule has 4 aromatic rings. The predicted molar refractivity (Wildman–Crippen MR) is 103 cm³/mol. The van der Waals surface area contributed by atoms with Crippen LogP contribution in [0, 0.1) is 13.8 Å². The number of thiophene rings is 1. The van der Waals surface area contributed by atoms with Gasteiger partial charge in [0.05, 0.1) is 16.3 Å². The summed E-state index contributed by atoms with van der Waals surface area (Å²) < 4.78 is 1.93. The van der Waals surface area contributed by atoms with Crippen molar-refractivity contribution >= 4 is 33.1 Å². The zero-order chi connectivity index (χ0) is 17.4. The number of hydrogen-bond donors (Lipinski definition) is 1. The minimum absolute atomic E-state index is 0.0943. The van der Waals surface area contributed by atoms with Crippen LogP contribution in [0.3, 0.4) is 0 Å². The number of hydrogen-bond acceptors (Lipinski definition) is 3. The first-order valence-corrected chi connectivity index (χ1v) is 8.87. The van der Waals surface area contributed by atoms with Crippen LogP contribution in [0.25, 0.3) is 15.9 Å². The van der Waals surface area contributed by atoms with Gasteiger partial charge in [-0.2, -0.15) is 5.10 Å². The van der Waals surface area contributed by atoms with Crippen molar-refractivity contribution in [2.75, 3.05) is 5.32 Å². The van der Waals surface area contributed by atoms with E-state index in [9.17, 15) is 4.79 Å². The third-order valence-corrected chi connectivity index (χ3v) is 5.25. The number of carbonyl (C=O) groups is 1. The first-order chi connectivity index (χ1) is 12.1. The van der Waals surface area contributed by atoms with Crippen LogP contribution >= 0.6 is 11.3 Å². The fourth-order valence-corrected chi connectivity index (χ4v) is 3.91. The summed E-state index contributed by atoms with van der Waals surface area (Å²) in [6.45, 7) is 4.04. The van der Waals surface area contributed by atoms with Gasteiger partial charge >= 0.3 is 0 Å². The predicted octanol–water partition coefficient (Wildman–Crippen LogP) is 4.96. The number of carbonyl (C=O) groups excluding carboxylic acids is 1. The number of amides is 1. The fourth-order valence-electron chi connectivity index (χ4n) is 2.84. The molecule has 2 heterocycles. The molecule has 124 valence electrons. The number of para-hydroxylation sites is 2. The van der Waals surface area contributed by atoms with Crippen molar-refractivity contribution in [3.05, 3.63) is 76.8 Å². The van der Waals surface area contributed by atoms with E-state index < -0.39 is 0 Å². The molecule has 0 bridgehead atoms. The molecule has 1 N–H and O–H groups in total. The van der Waals surface area contributed by atoms with Gasteiger partial charge in [-0.1, -0.05) is 36.4 Å². The van der Waals surface area contributed by atoms with E-state index in [0.717, 1.165) is 32.8 Å². The second-order valence-electron chi connectivity index (χ2n) is 5.93. The molecule has 0 atom stereocenters. The summed E-state index contributed by atoms with van der Waals surface area (Å²) in [5.74, 6) is -0.0943. The summed E-state index contributed by atoms with van der Waals surface area (Å²) in [6, 6.07) is 19.5. The highest BCUT2D eigenvalue weighted by Crippen LogP contribution is 2.31. The highest BCUT2D eigenvalue weighted by atomic mass is 32.1. The zero-order valence-corrected chi connectivity index (χ0v) is 14.8. The van der Waals surface area contributed by atoms with E-state index in [-0.39, 0.29) is 5.91 Å². The van der Waals surface area contributed by atoms with Crippen molar-refractivity contribution in [2.45, 2.75) is 13.8 Å². The van der Waals surface area contributed by atoms with Crippen LogP contribution in [0.5, 0.6) is 0 Å². The van der Waals surface area contributed by atoms with E-state index in [1.54, 1.807) is 0 Å². The molecule has 0 unspecified atom stereocenters. The van der Waals surface area contributed by atoms with Crippen LogP contribution in [0.15, 0.2) is 60.7 Å². The molecule has 0 aliphatic heterocycles. The monoisotopic (exact) mass is 347 g/mol. The molecule has 1 amide bonds. The van der Waals surface area contributed by atoms with Gasteiger partial charge in [-0.25, -0.2) is 4.68 Å². The van der Waals surface area contributed by atoms with E-state index in [1.807, 2.05) is 66.2 Å². The largest absolute Gasteiger partial charge is 0.321 e. The molecule has 2 aromatic carbocycles. The van der Waals surface area contributed by atoms with Gasteiger partial charge in [0.2, 0.25) is 0 Å². The Kier molecular flexibility index (Phi) is 3.86. The maximum Gasteiger partial charge on any atom is 0.265 e. The summed E-state index contributed by atoms with van der Waals surface area (Å²) in [6.07, 6.45) is 0. The van der Waals surface area contributed by atoms with Crippen LogP contribution in [0.2, 0.25) is 0 Å². The maximum absolute atomic E-state index is 12.6. The Bertz CT molecular complexity index is 1060. The SMILES string of the molecule is Cc1ccccc1-n1nc(C)c2cc(C(=O)Nc3ccccc3)sc21. The number of aromatic nitrogens is 2. The van der Waals surface area contributed by atoms with Gasteiger partial charge in [0.25, 0.3) is 5.91 Å². The summed E-state index contributed by atoms with van der Waals surface area (Å²) >= 11 is 1.46. The summed E-state index contributed by atoms with van der Waals surface area (Å²) in [7, 11) is 0. The Hall–Kier alpha value is -2.92. The Labute approximate surface area is 149 Å². The third-order valence-electron chi connectivity index (χ3n) is 4.14. The van der Waals surface area contributed by atoms with Crippen LogP contribution in [0.4, 0.5) is 5.69 Å². The van der Waals surface area contributed by atoms with Crippen LogP contribution in [0.1, 0.15) is 20.9 Å². The number of nitrogens with zero attached hydrogens (tertiary/aromatic N) is 2. The van der Waals surface area contributed by atoms with Crippen LogP contribution in [-0.4, -0.2) is 15.7 Å². The van der Waals surface area contributed by atoms with E-state index in [1.165, 1.54) is 11.3 Å². The molecule has 0 aliphatic rings. The normalized spacial score (nSPS) is 11.0. The van der Waals surface area contributed by atoms with Crippen molar-refractivity contribution in [3.8, 4) is 5.69 Å². The van der Waals surface area contributed by atoms with Gasteiger partial charge in [-0.15, -0.1) is 11.3 Å². The summed E-state index contributed by atoms with van der Waals surface area (Å²) in [5, 5.41) is 8.62. The lowest BCUT2D eigenvalue weighted by Crippen LogP contribution is -2.09. The van der Waals surface area contributed by atoms with Crippen molar-refractivity contribution in [1.29, 1.82) is 0 Å². The molecule has 0 fully saturated rings. The van der Waals surface area contributed by atoms with E-state index in [4.69, 9.17) is 0 Å². The number of benzene rings is 2. The first kappa shape index (κ1) is 15.6. The number of rotatable bonds is 3. The minimum Gasteiger partial charge on any atom is -0.321 e.